The largest absolute Gasteiger partial charge is 0.321 e. The molecule has 0 aliphatic heterocycles. The van der Waals surface area contributed by atoms with Crippen LogP contribution >= 0.6 is 0 Å². The van der Waals surface area contributed by atoms with Crippen molar-refractivity contribution in [3.05, 3.63) is 78.0 Å². The Labute approximate surface area is 129 Å². The number of nitrogens with one attached hydrogen (secondary N) is 1. The van der Waals surface area contributed by atoms with Gasteiger partial charge >= 0.3 is 0 Å². The minimum Gasteiger partial charge on any atom is -0.321 e. The summed E-state index contributed by atoms with van der Waals surface area (Å²) in [6.45, 7) is 2.04. The number of nitrogens with zero attached hydrogens (tertiary/aromatic N) is 1. The Morgan fingerprint density at radius 1 is 1.05 bits per heavy atom. The molecule has 0 saturated heterocycles. The molecule has 1 amide bonds. The van der Waals surface area contributed by atoms with Gasteiger partial charge in [0.1, 0.15) is 0 Å². The Kier molecular flexibility index (Phi) is 3.97. The molecule has 3 heteroatoms. The van der Waals surface area contributed by atoms with Crippen LogP contribution in [0.3, 0.4) is 0 Å². The Balaban J connectivity index is 1.77. The lowest BCUT2D eigenvalue weighted by molar-refractivity contribution is -0.111. The van der Waals surface area contributed by atoms with E-state index in [9.17, 15) is 4.79 Å². The number of rotatable bonds is 3. The number of pyridine rings is 1. The first-order valence-corrected chi connectivity index (χ1v) is 7.12. The summed E-state index contributed by atoms with van der Waals surface area (Å²) in [7, 11) is 0. The molecule has 0 aliphatic carbocycles. The fourth-order valence-electron chi connectivity index (χ4n) is 2.23. The minimum atomic E-state index is -0.168. The summed E-state index contributed by atoms with van der Waals surface area (Å²) in [5, 5.41) is 3.88. The molecular weight excluding hydrogens is 272 g/mol. The Morgan fingerprint density at radius 2 is 1.82 bits per heavy atom. The van der Waals surface area contributed by atoms with Crippen molar-refractivity contribution >= 4 is 28.6 Å². The molecule has 0 radical (unpaired) electrons. The first kappa shape index (κ1) is 14.0. The molecule has 1 aromatic heterocycles. The Bertz CT molecular complexity index is 830. The predicted molar refractivity (Wildman–Crippen MR) is 90.6 cm³/mol. The molecule has 3 nitrogen and oxygen atoms in total. The highest BCUT2D eigenvalue weighted by Crippen LogP contribution is 2.20. The van der Waals surface area contributed by atoms with Gasteiger partial charge in [-0.15, -0.1) is 0 Å². The molecule has 22 heavy (non-hydrogen) atoms. The SMILES string of the molecule is Cc1ccc(/C=C/C(=O)Nc2cccc3cccnc23)cc1. The zero-order valence-electron chi connectivity index (χ0n) is 12.3. The van der Waals surface area contributed by atoms with Crippen molar-refractivity contribution in [1.29, 1.82) is 0 Å². The van der Waals surface area contributed by atoms with Crippen LogP contribution in [0.15, 0.2) is 66.9 Å². The maximum atomic E-state index is 12.1. The number of para-hydroxylation sites is 1. The van der Waals surface area contributed by atoms with Gasteiger partial charge in [0, 0.05) is 17.7 Å². The van der Waals surface area contributed by atoms with Crippen molar-refractivity contribution < 1.29 is 4.79 Å². The van der Waals surface area contributed by atoms with E-state index < -0.39 is 0 Å². The lowest BCUT2D eigenvalue weighted by Crippen LogP contribution is -2.08. The predicted octanol–water partition coefficient (Wildman–Crippen LogP) is 4.20. The minimum absolute atomic E-state index is 0.168. The maximum absolute atomic E-state index is 12.1. The van der Waals surface area contributed by atoms with Gasteiger partial charge in [-0.2, -0.15) is 0 Å². The summed E-state index contributed by atoms with van der Waals surface area (Å²) >= 11 is 0. The maximum Gasteiger partial charge on any atom is 0.248 e. The molecule has 1 heterocycles. The van der Waals surface area contributed by atoms with Crippen LogP contribution in [0.2, 0.25) is 0 Å². The summed E-state index contributed by atoms with van der Waals surface area (Å²) in [5.74, 6) is -0.168. The molecule has 0 spiro atoms. The second-order valence-corrected chi connectivity index (χ2v) is 5.11. The molecule has 108 valence electrons. The van der Waals surface area contributed by atoms with Crippen LogP contribution in [0.25, 0.3) is 17.0 Å². The third-order valence-electron chi connectivity index (χ3n) is 3.40. The van der Waals surface area contributed by atoms with E-state index in [0.717, 1.165) is 22.2 Å². The van der Waals surface area contributed by atoms with E-state index in [4.69, 9.17) is 0 Å². The molecule has 1 N–H and O–H groups in total. The second kappa shape index (κ2) is 6.22. The number of fused-ring (bicyclic) bond motifs is 1. The van der Waals surface area contributed by atoms with E-state index in [1.807, 2.05) is 61.5 Å². The molecule has 3 rings (SSSR count). The first-order valence-electron chi connectivity index (χ1n) is 7.12. The molecule has 0 unspecified atom stereocenters. The number of anilines is 1. The van der Waals surface area contributed by atoms with Gasteiger partial charge in [0.2, 0.25) is 5.91 Å². The fraction of sp³-hybridized carbons (Fsp3) is 0.0526. The van der Waals surface area contributed by atoms with Gasteiger partial charge in [-0.25, -0.2) is 0 Å². The lowest BCUT2D eigenvalue weighted by Gasteiger charge is -2.05. The normalized spacial score (nSPS) is 11.0. The standard InChI is InChI=1S/C19H16N2O/c1-14-7-9-15(10-8-14)11-12-18(22)21-17-6-2-4-16-5-3-13-20-19(16)17/h2-13H,1H3,(H,21,22)/b12-11+. The van der Waals surface area contributed by atoms with Gasteiger partial charge in [0.15, 0.2) is 0 Å². The summed E-state index contributed by atoms with van der Waals surface area (Å²) in [5.41, 5.74) is 3.71. The molecule has 0 saturated carbocycles. The zero-order valence-corrected chi connectivity index (χ0v) is 12.3. The van der Waals surface area contributed by atoms with Crippen LogP contribution in [-0.2, 0) is 4.79 Å². The van der Waals surface area contributed by atoms with Crippen LogP contribution in [0, 0.1) is 6.92 Å². The number of hydrogen-bond acceptors (Lipinski definition) is 2. The Hall–Kier alpha value is -2.94. The lowest BCUT2D eigenvalue weighted by atomic mass is 10.1. The third kappa shape index (κ3) is 3.20. The van der Waals surface area contributed by atoms with Crippen molar-refractivity contribution in [1.82, 2.24) is 4.98 Å². The van der Waals surface area contributed by atoms with Crippen LogP contribution in [0.4, 0.5) is 5.69 Å². The van der Waals surface area contributed by atoms with Gasteiger partial charge in [-0.3, -0.25) is 9.78 Å². The van der Waals surface area contributed by atoms with Gasteiger partial charge in [-0.1, -0.05) is 48.0 Å². The quantitative estimate of drug-likeness (QED) is 0.734. The van der Waals surface area contributed by atoms with Crippen LogP contribution in [0.5, 0.6) is 0 Å². The van der Waals surface area contributed by atoms with Crippen LogP contribution in [-0.4, -0.2) is 10.9 Å². The topological polar surface area (TPSA) is 42.0 Å². The summed E-state index contributed by atoms with van der Waals surface area (Å²) in [6.07, 6.45) is 5.06. The van der Waals surface area contributed by atoms with Gasteiger partial charge in [0.05, 0.1) is 11.2 Å². The van der Waals surface area contributed by atoms with E-state index >= 15 is 0 Å². The van der Waals surface area contributed by atoms with Crippen molar-refractivity contribution in [2.75, 3.05) is 5.32 Å². The average molecular weight is 288 g/mol. The highest BCUT2D eigenvalue weighted by atomic mass is 16.1. The van der Waals surface area contributed by atoms with E-state index in [0.29, 0.717) is 0 Å². The molecule has 0 atom stereocenters. The zero-order chi connectivity index (χ0) is 15.4. The number of benzene rings is 2. The highest BCUT2D eigenvalue weighted by Gasteiger charge is 2.03. The first-order chi connectivity index (χ1) is 10.7. The van der Waals surface area contributed by atoms with Crippen LogP contribution < -0.4 is 5.32 Å². The number of amides is 1. The van der Waals surface area contributed by atoms with E-state index in [1.54, 1.807) is 12.3 Å². The summed E-state index contributed by atoms with van der Waals surface area (Å²) in [4.78, 5) is 16.4. The molecule has 0 bridgehead atoms. The number of aromatic nitrogens is 1. The Morgan fingerprint density at radius 3 is 2.64 bits per heavy atom. The second-order valence-electron chi connectivity index (χ2n) is 5.11. The highest BCUT2D eigenvalue weighted by molar-refractivity contribution is 6.06. The average Bonchev–Trinajstić information content (AvgIpc) is 2.55. The van der Waals surface area contributed by atoms with Gasteiger partial charge in [0.25, 0.3) is 0 Å². The van der Waals surface area contributed by atoms with Crippen molar-refractivity contribution in [2.24, 2.45) is 0 Å². The van der Waals surface area contributed by atoms with E-state index in [2.05, 4.69) is 10.3 Å². The van der Waals surface area contributed by atoms with Gasteiger partial charge in [-0.05, 0) is 30.7 Å². The monoisotopic (exact) mass is 288 g/mol. The molecular formula is C19H16N2O. The number of aryl methyl sites for hydroxylation is 1. The third-order valence-corrected chi connectivity index (χ3v) is 3.40. The van der Waals surface area contributed by atoms with E-state index in [-0.39, 0.29) is 5.91 Å². The van der Waals surface area contributed by atoms with E-state index in [1.165, 1.54) is 11.6 Å². The van der Waals surface area contributed by atoms with Gasteiger partial charge < -0.3 is 5.32 Å². The van der Waals surface area contributed by atoms with Crippen LogP contribution in [0.1, 0.15) is 11.1 Å². The fourth-order valence-corrected chi connectivity index (χ4v) is 2.23. The molecule has 2 aromatic carbocycles. The number of carbonyl (C=O) groups is 1. The molecule has 0 aliphatic rings. The summed E-state index contributed by atoms with van der Waals surface area (Å²) < 4.78 is 0. The van der Waals surface area contributed by atoms with Crippen molar-refractivity contribution in [3.8, 4) is 0 Å². The molecule has 0 fully saturated rings. The van der Waals surface area contributed by atoms with Crippen molar-refractivity contribution in [3.63, 3.8) is 0 Å². The smallest absolute Gasteiger partial charge is 0.248 e. The number of hydrogen-bond donors (Lipinski definition) is 1. The number of carbonyl (C=O) groups excluding carboxylic acids is 1. The molecule has 3 aromatic rings. The van der Waals surface area contributed by atoms with Crippen molar-refractivity contribution in [2.45, 2.75) is 6.92 Å². The summed E-state index contributed by atoms with van der Waals surface area (Å²) in [6, 6.07) is 17.6.